The van der Waals surface area contributed by atoms with E-state index in [1.807, 2.05) is 6.07 Å². The van der Waals surface area contributed by atoms with Crippen molar-refractivity contribution < 1.29 is 72.1 Å². The molecule has 3 aliphatic rings. The van der Waals surface area contributed by atoms with Crippen LogP contribution in [0.5, 0.6) is 11.5 Å². The Morgan fingerprint density at radius 2 is 1.38 bits per heavy atom. The molecule has 4 rings (SSSR count). The normalized spacial score (nSPS) is 28.1. The lowest BCUT2D eigenvalue weighted by atomic mass is 9.55. The van der Waals surface area contributed by atoms with Crippen molar-refractivity contribution in [3.05, 3.63) is 23.3 Å². The van der Waals surface area contributed by atoms with E-state index in [2.05, 4.69) is 43.3 Å². The highest BCUT2D eigenvalue weighted by Crippen LogP contribution is 2.63. The zero-order chi connectivity index (χ0) is 36.6. The van der Waals surface area contributed by atoms with Crippen molar-refractivity contribution in [2.24, 2.45) is 17.3 Å². The fourth-order valence-electron chi connectivity index (χ4n) is 7.14. The van der Waals surface area contributed by atoms with Crippen LogP contribution in [-0.4, -0.2) is 63.8 Å². The molecule has 0 heterocycles. The summed E-state index contributed by atoms with van der Waals surface area (Å²) in [7, 11) is -0.845. The summed E-state index contributed by atoms with van der Waals surface area (Å²) >= 11 is 0. The third-order valence-electron chi connectivity index (χ3n) is 10.8. The summed E-state index contributed by atoms with van der Waals surface area (Å²) < 4.78 is 155. The summed E-state index contributed by atoms with van der Waals surface area (Å²) in [6.07, 6.45) is -16.6. The minimum absolute atomic E-state index is 0.0396. The number of aryl methyl sites for hydroxylation is 1. The van der Waals surface area contributed by atoms with Gasteiger partial charge in [0.1, 0.15) is 18.0 Å². The van der Waals surface area contributed by atoms with Gasteiger partial charge in [-0.05, 0) is 91.2 Å². The van der Waals surface area contributed by atoms with Gasteiger partial charge in [-0.2, -0.15) is 43.9 Å². The van der Waals surface area contributed by atoms with Gasteiger partial charge in [-0.25, -0.2) is 9.59 Å². The molecule has 6 atom stereocenters. The molecule has 0 aliphatic heterocycles. The minimum Gasteiger partial charge on any atom is -0.541 e. The summed E-state index contributed by atoms with van der Waals surface area (Å²) in [4.78, 5) is 24.3. The maximum absolute atomic E-state index is 14.0. The molecule has 3 aliphatic carbocycles. The van der Waals surface area contributed by atoms with Crippen molar-refractivity contribution >= 4 is 20.3 Å². The molecule has 0 bridgehead atoms. The molecule has 1 aromatic rings. The van der Waals surface area contributed by atoms with Gasteiger partial charge in [0.25, 0.3) is 8.32 Å². The molecule has 272 valence electrons. The highest BCUT2D eigenvalue weighted by Gasteiger charge is 2.70. The molecule has 6 nitrogen and oxygen atoms in total. The lowest BCUT2D eigenvalue weighted by molar-refractivity contribution is -0.290. The molecule has 2 fully saturated rings. The number of halogens is 10. The predicted octanol–water partition coefficient (Wildman–Crippen LogP) is 8.76. The first-order chi connectivity index (χ1) is 21.6. The number of rotatable bonds is 7. The van der Waals surface area contributed by atoms with Gasteiger partial charge >= 0.3 is 36.1 Å². The summed E-state index contributed by atoms with van der Waals surface area (Å²) in [5.41, 5.74) is 0.214. The molecule has 48 heavy (non-hydrogen) atoms. The van der Waals surface area contributed by atoms with E-state index in [-0.39, 0.29) is 23.8 Å². The molecule has 2 saturated carbocycles. The molecule has 17 heteroatoms. The fraction of sp³-hybridized carbons (Fsp3) is 0.742. The first-order valence-corrected chi connectivity index (χ1v) is 18.2. The SMILES string of the molecule is COc1cc2c(cc1O[Si](C)(C)C(C)(C)C)CC[C@@H]1[C@@H]2CC[C@@]2(C)[C@H]1C[C@@H](OC(=O)C(F)(F)C(F)(F)F)[C@@H]2OC(=O)C(F)(F)C(F)(F)F. The van der Waals surface area contributed by atoms with Crippen LogP contribution in [0.1, 0.15) is 70.4 Å². The molecule has 0 N–H and O–H groups in total. The molecule has 0 aromatic heterocycles. The standard InChI is InChI=1S/C31H38F10O6Si/c1-26(2,3)48(6,7)47-21-12-15-8-9-17-16(18(15)13-20(21)44-5)10-11-27(4)19(17)14-22(45-24(42)28(32,33)30(36,37)38)23(27)46-25(43)29(34,35)31(39,40)41/h12-13,16-17,19,22-23H,8-11,14H2,1-7H3/t16-,17+,19-,22+,23-,27-/m0/s1. The first-order valence-electron chi connectivity index (χ1n) is 15.3. The van der Waals surface area contributed by atoms with Gasteiger partial charge in [-0.1, -0.05) is 27.7 Å². The van der Waals surface area contributed by atoms with Crippen molar-refractivity contribution in [3.8, 4) is 11.5 Å². The number of hydrogen-bond donors (Lipinski definition) is 0. The van der Waals surface area contributed by atoms with Gasteiger partial charge < -0.3 is 18.6 Å². The van der Waals surface area contributed by atoms with E-state index in [0.29, 0.717) is 24.3 Å². The third-order valence-corrected chi connectivity index (χ3v) is 15.2. The molecular formula is C31H38F10O6Si. The monoisotopic (exact) mass is 724 g/mol. The van der Waals surface area contributed by atoms with Crippen LogP contribution in [0.15, 0.2) is 12.1 Å². The average molecular weight is 725 g/mol. The zero-order valence-electron chi connectivity index (χ0n) is 27.3. The topological polar surface area (TPSA) is 71.1 Å². The largest absolute Gasteiger partial charge is 0.541 e. The summed E-state index contributed by atoms with van der Waals surface area (Å²) in [6, 6.07) is 3.68. The molecule has 1 aromatic carbocycles. The molecule has 0 spiro atoms. The maximum atomic E-state index is 14.0. The zero-order valence-corrected chi connectivity index (χ0v) is 28.3. The number of esters is 2. The van der Waals surface area contributed by atoms with Crippen LogP contribution in [0.4, 0.5) is 43.9 Å². The number of hydrogen-bond acceptors (Lipinski definition) is 6. The van der Waals surface area contributed by atoms with Gasteiger partial charge in [0.15, 0.2) is 5.75 Å². The van der Waals surface area contributed by atoms with Crippen molar-refractivity contribution in [2.75, 3.05) is 7.11 Å². The second kappa shape index (κ2) is 12.0. The number of benzene rings is 1. The number of fused-ring (bicyclic) bond motifs is 5. The smallest absolute Gasteiger partial charge is 0.465 e. The highest BCUT2D eigenvalue weighted by molar-refractivity contribution is 6.74. The number of carbonyl (C=O) groups is 2. The lowest BCUT2D eigenvalue weighted by Gasteiger charge is -2.50. The Hall–Kier alpha value is -2.72. The van der Waals surface area contributed by atoms with Crippen LogP contribution in [0, 0.1) is 17.3 Å². The van der Waals surface area contributed by atoms with Crippen LogP contribution in [0.25, 0.3) is 0 Å². The molecule has 0 unspecified atom stereocenters. The molecule has 0 radical (unpaired) electrons. The van der Waals surface area contributed by atoms with E-state index >= 15 is 0 Å². The maximum Gasteiger partial charge on any atom is 0.465 e. The van der Waals surface area contributed by atoms with Gasteiger partial charge in [0, 0.05) is 5.41 Å². The van der Waals surface area contributed by atoms with Crippen LogP contribution in [0.3, 0.4) is 0 Å². The van der Waals surface area contributed by atoms with Gasteiger partial charge in [-0.3, -0.25) is 0 Å². The number of alkyl halides is 10. The second-order valence-corrected chi connectivity index (χ2v) is 19.4. The van der Waals surface area contributed by atoms with Crippen LogP contribution >= 0.6 is 0 Å². The molecule has 0 saturated heterocycles. The fourth-order valence-corrected chi connectivity index (χ4v) is 8.16. The number of ether oxygens (including phenoxy) is 3. The van der Waals surface area contributed by atoms with E-state index in [0.717, 1.165) is 11.1 Å². The second-order valence-electron chi connectivity index (χ2n) is 14.7. The van der Waals surface area contributed by atoms with Crippen molar-refractivity contribution in [1.82, 2.24) is 0 Å². The van der Waals surface area contributed by atoms with Crippen LogP contribution in [0.2, 0.25) is 18.1 Å². The average Bonchev–Trinajstić information content (AvgIpc) is 3.21. The quantitative estimate of drug-likeness (QED) is 0.159. The summed E-state index contributed by atoms with van der Waals surface area (Å²) in [6.45, 7) is 11.7. The van der Waals surface area contributed by atoms with E-state index in [9.17, 15) is 53.5 Å². The van der Waals surface area contributed by atoms with Gasteiger partial charge in [0.05, 0.1) is 7.11 Å². The van der Waals surface area contributed by atoms with E-state index in [1.165, 1.54) is 14.0 Å². The predicted molar refractivity (Wildman–Crippen MR) is 153 cm³/mol. The lowest BCUT2D eigenvalue weighted by Crippen LogP contribution is -2.53. The Kier molecular flexibility index (Phi) is 9.49. The van der Waals surface area contributed by atoms with E-state index < -0.39 is 80.3 Å². The summed E-state index contributed by atoms with van der Waals surface area (Å²) in [5, 5.41) is -0.135. The Morgan fingerprint density at radius 1 is 0.833 bits per heavy atom. The highest BCUT2D eigenvalue weighted by atomic mass is 28.4. The van der Waals surface area contributed by atoms with Crippen molar-refractivity contribution in [2.45, 2.75) is 120 Å². The van der Waals surface area contributed by atoms with Gasteiger partial charge in [0.2, 0.25) is 0 Å². The van der Waals surface area contributed by atoms with Crippen molar-refractivity contribution in [3.63, 3.8) is 0 Å². The Bertz CT molecular complexity index is 1420. The first kappa shape index (κ1) is 38.1. The molecule has 0 amide bonds. The third kappa shape index (κ3) is 6.36. The van der Waals surface area contributed by atoms with Crippen molar-refractivity contribution in [1.29, 1.82) is 0 Å². The number of carbonyl (C=O) groups excluding carboxylic acids is 2. The Labute approximate surface area is 271 Å². The molecular weight excluding hydrogens is 686 g/mol. The van der Waals surface area contributed by atoms with Crippen LogP contribution < -0.4 is 9.16 Å². The Balaban J connectivity index is 1.71. The Morgan fingerprint density at radius 3 is 1.88 bits per heavy atom. The summed E-state index contributed by atoms with van der Waals surface area (Å²) in [5.74, 6) is -18.8. The number of methoxy groups -OCH3 is 1. The van der Waals surface area contributed by atoms with E-state index in [4.69, 9.17) is 9.16 Å². The van der Waals surface area contributed by atoms with Gasteiger partial charge in [-0.15, -0.1) is 0 Å². The van der Waals surface area contributed by atoms with E-state index in [1.54, 1.807) is 6.07 Å². The minimum atomic E-state index is -6.39. The van der Waals surface area contributed by atoms with Crippen LogP contribution in [-0.2, 0) is 25.5 Å².